The third-order valence-electron chi connectivity index (χ3n) is 7.12. The average Bonchev–Trinajstić information content (AvgIpc) is 2.93. The van der Waals surface area contributed by atoms with Crippen LogP contribution in [0, 0.1) is 0 Å². The van der Waals surface area contributed by atoms with Crippen LogP contribution in [-0.4, -0.2) is 36.6 Å². The standard InChI is InChI=1S/C34H60O4/c1-2-3-4-19-24-32-25-26-33(37-29-22-17-13-9-5-7-11-15-20-27-35)34(31-32)38-30-23-18-14-10-6-8-12-16-21-28-36/h19,24-26,31,35-36H,2-18,20-23,27-30H2,1H3/b24-19+. The molecule has 38 heavy (non-hydrogen) atoms. The van der Waals surface area contributed by atoms with Gasteiger partial charge >= 0.3 is 0 Å². The van der Waals surface area contributed by atoms with Crippen molar-refractivity contribution in [1.82, 2.24) is 0 Å². The van der Waals surface area contributed by atoms with Gasteiger partial charge < -0.3 is 19.7 Å². The monoisotopic (exact) mass is 532 g/mol. The van der Waals surface area contributed by atoms with Gasteiger partial charge in [0.15, 0.2) is 11.5 Å². The summed E-state index contributed by atoms with van der Waals surface area (Å²) in [6, 6.07) is 6.36. The van der Waals surface area contributed by atoms with Gasteiger partial charge in [-0.1, -0.05) is 128 Å². The predicted octanol–water partition coefficient (Wildman–Crippen LogP) is 9.65. The molecular weight excluding hydrogens is 472 g/mol. The summed E-state index contributed by atoms with van der Waals surface area (Å²) < 4.78 is 12.4. The van der Waals surface area contributed by atoms with E-state index in [4.69, 9.17) is 19.7 Å². The SMILES string of the molecule is CCCC/C=C/c1ccc(OCCCCCCCCCCCO)c(OCCCCCCCCCCCO)c1. The highest BCUT2D eigenvalue weighted by Crippen LogP contribution is 2.30. The summed E-state index contributed by atoms with van der Waals surface area (Å²) in [5, 5.41) is 17.7. The Morgan fingerprint density at radius 1 is 0.553 bits per heavy atom. The maximum atomic E-state index is 8.85. The van der Waals surface area contributed by atoms with E-state index in [-0.39, 0.29) is 0 Å². The Kier molecular flexibility index (Phi) is 24.6. The number of aliphatic hydroxyl groups is 2. The molecule has 0 fully saturated rings. The molecule has 0 saturated carbocycles. The molecule has 220 valence electrons. The first-order valence-electron chi connectivity index (χ1n) is 16.1. The lowest BCUT2D eigenvalue weighted by molar-refractivity contribution is 0.258. The largest absolute Gasteiger partial charge is 0.490 e. The summed E-state index contributed by atoms with van der Waals surface area (Å²) in [5.41, 5.74) is 1.18. The number of hydrogen-bond acceptors (Lipinski definition) is 4. The fourth-order valence-electron chi connectivity index (χ4n) is 4.67. The second-order valence-corrected chi connectivity index (χ2v) is 10.8. The van der Waals surface area contributed by atoms with Crippen molar-refractivity contribution in [2.75, 3.05) is 26.4 Å². The molecule has 0 unspecified atom stereocenters. The maximum Gasteiger partial charge on any atom is 0.161 e. The summed E-state index contributed by atoms with van der Waals surface area (Å²) >= 11 is 0. The number of aliphatic hydroxyl groups excluding tert-OH is 2. The molecule has 0 atom stereocenters. The lowest BCUT2D eigenvalue weighted by Gasteiger charge is -2.14. The Balaban J connectivity index is 2.33. The first kappa shape index (κ1) is 34.5. The Labute approximate surface area is 235 Å². The van der Waals surface area contributed by atoms with Gasteiger partial charge in [0.1, 0.15) is 0 Å². The van der Waals surface area contributed by atoms with Crippen molar-refractivity contribution < 1.29 is 19.7 Å². The Morgan fingerprint density at radius 3 is 1.47 bits per heavy atom. The molecule has 0 heterocycles. The van der Waals surface area contributed by atoms with Gasteiger partial charge in [-0.15, -0.1) is 0 Å². The van der Waals surface area contributed by atoms with Crippen LogP contribution in [0.2, 0.25) is 0 Å². The van der Waals surface area contributed by atoms with E-state index in [0.717, 1.165) is 69.7 Å². The highest BCUT2D eigenvalue weighted by atomic mass is 16.5. The zero-order valence-electron chi connectivity index (χ0n) is 24.8. The fourth-order valence-corrected chi connectivity index (χ4v) is 4.67. The van der Waals surface area contributed by atoms with Crippen LogP contribution in [0.15, 0.2) is 24.3 Å². The molecule has 0 bridgehead atoms. The Morgan fingerprint density at radius 2 is 1.00 bits per heavy atom. The number of rotatable bonds is 28. The molecule has 0 aliphatic rings. The van der Waals surface area contributed by atoms with E-state index in [9.17, 15) is 0 Å². The van der Waals surface area contributed by atoms with E-state index in [1.807, 2.05) is 0 Å². The smallest absolute Gasteiger partial charge is 0.161 e. The molecule has 1 aromatic carbocycles. The molecule has 4 heteroatoms. The molecule has 0 spiro atoms. The molecule has 0 amide bonds. The number of allylic oxidation sites excluding steroid dienone is 1. The van der Waals surface area contributed by atoms with Gasteiger partial charge in [-0.2, -0.15) is 0 Å². The van der Waals surface area contributed by atoms with Crippen LogP contribution < -0.4 is 9.47 Å². The van der Waals surface area contributed by atoms with E-state index in [0.29, 0.717) is 13.2 Å². The predicted molar refractivity (Wildman–Crippen MR) is 163 cm³/mol. The number of benzene rings is 1. The molecular formula is C34H60O4. The number of unbranched alkanes of at least 4 members (excludes halogenated alkanes) is 18. The van der Waals surface area contributed by atoms with E-state index in [1.165, 1.54) is 95.5 Å². The van der Waals surface area contributed by atoms with Crippen molar-refractivity contribution in [1.29, 1.82) is 0 Å². The second kappa shape index (κ2) is 27.1. The normalized spacial score (nSPS) is 11.4. The van der Waals surface area contributed by atoms with Crippen molar-refractivity contribution in [3.63, 3.8) is 0 Å². The van der Waals surface area contributed by atoms with Crippen LogP contribution in [0.4, 0.5) is 0 Å². The molecule has 0 aromatic heterocycles. The van der Waals surface area contributed by atoms with Crippen molar-refractivity contribution in [2.24, 2.45) is 0 Å². The van der Waals surface area contributed by atoms with Crippen molar-refractivity contribution in [2.45, 2.75) is 142 Å². The first-order chi connectivity index (χ1) is 18.8. The molecule has 0 aliphatic heterocycles. The summed E-state index contributed by atoms with van der Waals surface area (Å²) in [5.74, 6) is 1.76. The topological polar surface area (TPSA) is 58.9 Å². The summed E-state index contributed by atoms with van der Waals surface area (Å²) in [7, 11) is 0. The van der Waals surface area contributed by atoms with Crippen LogP contribution in [0.1, 0.15) is 147 Å². The van der Waals surface area contributed by atoms with Crippen LogP contribution in [0.3, 0.4) is 0 Å². The van der Waals surface area contributed by atoms with Crippen molar-refractivity contribution in [3.05, 3.63) is 29.8 Å². The van der Waals surface area contributed by atoms with Crippen LogP contribution in [0.5, 0.6) is 11.5 Å². The van der Waals surface area contributed by atoms with E-state index in [2.05, 4.69) is 37.3 Å². The van der Waals surface area contributed by atoms with Gasteiger partial charge in [-0.25, -0.2) is 0 Å². The quantitative estimate of drug-likeness (QED) is 0.105. The van der Waals surface area contributed by atoms with Crippen molar-refractivity contribution >= 4 is 6.08 Å². The van der Waals surface area contributed by atoms with Gasteiger partial charge in [0.2, 0.25) is 0 Å². The molecule has 0 saturated heterocycles. The van der Waals surface area contributed by atoms with Gasteiger partial charge in [0.05, 0.1) is 13.2 Å². The molecule has 4 nitrogen and oxygen atoms in total. The Bertz CT molecular complexity index is 658. The van der Waals surface area contributed by atoms with Gasteiger partial charge in [0.25, 0.3) is 0 Å². The lowest BCUT2D eigenvalue weighted by atomic mass is 10.1. The zero-order chi connectivity index (χ0) is 27.4. The summed E-state index contributed by atoms with van der Waals surface area (Å²) in [4.78, 5) is 0. The Hall–Kier alpha value is -1.52. The molecule has 2 N–H and O–H groups in total. The number of hydrogen-bond donors (Lipinski definition) is 2. The highest BCUT2D eigenvalue weighted by Gasteiger charge is 2.07. The minimum absolute atomic E-state index is 0.332. The minimum Gasteiger partial charge on any atom is -0.490 e. The van der Waals surface area contributed by atoms with E-state index < -0.39 is 0 Å². The molecule has 0 radical (unpaired) electrons. The molecule has 1 rings (SSSR count). The summed E-state index contributed by atoms with van der Waals surface area (Å²) in [6.07, 6.45) is 29.7. The van der Waals surface area contributed by atoms with Crippen LogP contribution in [-0.2, 0) is 0 Å². The molecule has 0 aliphatic carbocycles. The first-order valence-corrected chi connectivity index (χ1v) is 16.1. The van der Waals surface area contributed by atoms with Gasteiger partial charge in [-0.3, -0.25) is 0 Å². The lowest BCUT2D eigenvalue weighted by Crippen LogP contribution is -2.03. The average molecular weight is 533 g/mol. The second-order valence-electron chi connectivity index (χ2n) is 10.8. The zero-order valence-corrected chi connectivity index (χ0v) is 24.8. The van der Waals surface area contributed by atoms with Gasteiger partial charge in [0, 0.05) is 13.2 Å². The third kappa shape index (κ3) is 20.4. The highest BCUT2D eigenvalue weighted by molar-refractivity contribution is 5.55. The molecule has 1 aromatic rings. The fraction of sp³-hybridized carbons (Fsp3) is 0.765. The van der Waals surface area contributed by atoms with Crippen LogP contribution >= 0.6 is 0 Å². The number of ether oxygens (including phenoxy) is 2. The van der Waals surface area contributed by atoms with E-state index in [1.54, 1.807) is 0 Å². The minimum atomic E-state index is 0.332. The van der Waals surface area contributed by atoms with E-state index >= 15 is 0 Å². The summed E-state index contributed by atoms with van der Waals surface area (Å²) in [6.45, 7) is 4.38. The van der Waals surface area contributed by atoms with Crippen LogP contribution in [0.25, 0.3) is 6.08 Å². The third-order valence-corrected chi connectivity index (χ3v) is 7.12. The van der Waals surface area contributed by atoms with Crippen molar-refractivity contribution in [3.8, 4) is 11.5 Å². The maximum absolute atomic E-state index is 8.85. The van der Waals surface area contributed by atoms with Gasteiger partial charge in [-0.05, 0) is 49.8 Å².